The maximum atomic E-state index is 6.38. The van der Waals surface area contributed by atoms with E-state index >= 15 is 0 Å². The highest BCUT2D eigenvalue weighted by atomic mass is 32.4. The molecule has 0 aliphatic carbocycles. The summed E-state index contributed by atoms with van der Waals surface area (Å²) in [5, 5.41) is 0. The van der Waals surface area contributed by atoms with Crippen molar-refractivity contribution in [3.63, 3.8) is 0 Å². The van der Waals surface area contributed by atoms with Crippen LogP contribution >= 0.6 is 11.2 Å². The molecule has 0 aliphatic heterocycles. The minimum Gasteiger partial charge on any atom is -0.394 e. The van der Waals surface area contributed by atoms with Crippen LogP contribution in [0.1, 0.15) is 74.1 Å². The molecule has 0 aromatic heterocycles. The molecule has 0 heterocycles. The molecule has 0 bridgehead atoms. The molecule has 0 unspecified atom stereocenters. The minimum absolute atomic E-state index is 0.293. The third kappa shape index (κ3) is 10.6. The van der Waals surface area contributed by atoms with Gasteiger partial charge in [0.2, 0.25) is 0 Å². The van der Waals surface area contributed by atoms with Gasteiger partial charge in [-0.3, -0.25) is 0 Å². The Labute approximate surface area is 165 Å². The Hall–Kier alpha value is 0.704. The van der Waals surface area contributed by atoms with Gasteiger partial charge in [0.1, 0.15) is 7.22 Å². The molecule has 25 heavy (non-hydrogen) atoms. The van der Waals surface area contributed by atoms with Crippen LogP contribution in [-0.4, -0.2) is 34.8 Å². The van der Waals surface area contributed by atoms with Crippen molar-refractivity contribution in [2.75, 3.05) is 19.0 Å². The van der Waals surface area contributed by atoms with Gasteiger partial charge < -0.3 is 8.85 Å². The molecule has 0 saturated heterocycles. The maximum Gasteiger partial charge on any atom is 0.335 e. The molecular formula is C20H46O2SSi2. The van der Waals surface area contributed by atoms with Crippen LogP contribution in [0.4, 0.5) is 0 Å². The molecule has 0 fully saturated rings. The second-order valence-electron chi connectivity index (χ2n) is 8.41. The zero-order valence-corrected chi connectivity index (χ0v) is 21.3. The molecule has 0 amide bonds. The van der Waals surface area contributed by atoms with E-state index in [-0.39, 0.29) is 0 Å². The Bertz CT molecular complexity index is 315. The molecule has 2 nitrogen and oxygen atoms in total. The fourth-order valence-electron chi connectivity index (χ4n) is 3.33. The molecule has 0 N–H and O–H groups in total. The van der Waals surface area contributed by atoms with Crippen molar-refractivity contribution in [2.45, 2.75) is 105 Å². The average molecular weight is 407 g/mol. The summed E-state index contributed by atoms with van der Waals surface area (Å²) in [4.78, 5) is 0. The van der Waals surface area contributed by atoms with Crippen LogP contribution in [-0.2, 0) is 8.85 Å². The summed E-state index contributed by atoms with van der Waals surface area (Å²) in [6.07, 6.45) is 4.67. The second-order valence-corrected chi connectivity index (χ2v) is 20.1. The molecule has 5 heteroatoms. The van der Waals surface area contributed by atoms with E-state index in [0.717, 1.165) is 32.1 Å². The number of rotatable bonds is 16. The SMILES string of the molecule is CCCCO[Si](C)(CC(C)(C)CS[Si](CC)(CC)CC)OCCCC. The van der Waals surface area contributed by atoms with Crippen molar-refractivity contribution in [2.24, 2.45) is 5.41 Å². The van der Waals surface area contributed by atoms with E-state index in [1.165, 1.54) is 36.7 Å². The summed E-state index contributed by atoms with van der Waals surface area (Å²) in [6, 6.07) is 5.31. The molecule has 0 atom stereocenters. The Morgan fingerprint density at radius 1 is 0.800 bits per heavy atom. The summed E-state index contributed by atoms with van der Waals surface area (Å²) >= 11 is 2.32. The summed E-state index contributed by atoms with van der Waals surface area (Å²) < 4.78 is 12.8. The van der Waals surface area contributed by atoms with Gasteiger partial charge in [-0.05, 0) is 36.6 Å². The highest BCUT2D eigenvalue weighted by molar-refractivity contribution is 8.29. The van der Waals surface area contributed by atoms with Crippen LogP contribution in [0.5, 0.6) is 0 Å². The summed E-state index contributed by atoms with van der Waals surface area (Å²) in [7, 11) is -3.20. The minimum atomic E-state index is -2.08. The molecule has 152 valence electrons. The van der Waals surface area contributed by atoms with Crippen molar-refractivity contribution < 1.29 is 8.85 Å². The van der Waals surface area contributed by atoms with Crippen LogP contribution < -0.4 is 0 Å². The normalized spacial score (nSPS) is 13.4. The number of unbranched alkanes of at least 4 members (excludes halogenated alkanes) is 2. The van der Waals surface area contributed by atoms with E-state index in [9.17, 15) is 0 Å². The van der Waals surface area contributed by atoms with Gasteiger partial charge in [0, 0.05) is 13.2 Å². The topological polar surface area (TPSA) is 18.5 Å². The van der Waals surface area contributed by atoms with Crippen LogP contribution in [0.25, 0.3) is 0 Å². The van der Waals surface area contributed by atoms with Crippen molar-refractivity contribution in [3.05, 3.63) is 0 Å². The Balaban J connectivity index is 4.84. The molecule has 0 saturated carbocycles. The first-order valence-corrected chi connectivity index (χ1v) is 17.5. The monoisotopic (exact) mass is 406 g/mol. The lowest BCUT2D eigenvalue weighted by Crippen LogP contribution is -2.44. The van der Waals surface area contributed by atoms with Gasteiger partial charge in [0.15, 0.2) is 0 Å². The quantitative estimate of drug-likeness (QED) is 0.196. The van der Waals surface area contributed by atoms with E-state index in [0.29, 0.717) is 5.41 Å². The predicted octanol–water partition coefficient (Wildman–Crippen LogP) is 7.46. The molecule has 0 rings (SSSR count). The molecule has 0 aromatic carbocycles. The van der Waals surface area contributed by atoms with Gasteiger partial charge in [-0.25, -0.2) is 0 Å². The highest BCUT2D eigenvalue weighted by Crippen LogP contribution is 2.40. The standard InChI is InChI=1S/C20H46O2SSi2/c1-9-14-16-21-24(8,22-17-15-10-2)19-20(6,7)18-23-25(11-3,12-4)13-5/h9-19H2,1-8H3. The summed E-state index contributed by atoms with van der Waals surface area (Å²) in [5.74, 6) is 1.26. The molecule has 0 aromatic rings. The Kier molecular flexibility index (Phi) is 13.3. The summed E-state index contributed by atoms with van der Waals surface area (Å²) in [6.45, 7) is 20.6. The fraction of sp³-hybridized carbons (Fsp3) is 1.00. The van der Waals surface area contributed by atoms with E-state index in [2.05, 4.69) is 66.2 Å². The van der Waals surface area contributed by atoms with Gasteiger partial charge in [0.25, 0.3) is 0 Å². The number of hydrogen-bond donors (Lipinski definition) is 0. The van der Waals surface area contributed by atoms with Crippen LogP contribution in [0, 0.1) is 5.41 Å². The van der Waals surface area contributed by atoms with Gasteiger partial charge in [-0.15, -0.1) is 0 Å². The fourth-order valence-corrected chi connectivity index (χ4v) is 13.7. The lowest BCUT2D eigenvalue weighted by atomic mass is 10.00. The lowest BCUT2D eigenvalue weighted by molar-refractivity contribution is 0.159. The zero-order valence-electron chi connectivity index (χ0n) is 18.5. The Morgan fingerprint density at radius 3 is 1.60 bits per heavy atom. The van der Waals surface area contributed by atoms with E-state index in [1.807, 2.05) is 0 Å². The first kappa shape index (κ1) is 25.7. The van der Waals surface area contributed by atoms with Crippen molar-refractivity contribution in [1.82, 2.24) is 0 Å². The summed E-state index contributed by atoms with van der Waals surface area (Å²) in [5.41, 5.74) is 0.293. The zero-order chi connectivity index (χ0) is 19.4. The van der Waals surface area contributed by atoms with E-state index in [1.54, 1.807) is 0 Å². The van der Waals surface area contributed by atoms with E-state index in [4.69, 9.17) is 8.85 Å². The van der Waals surface area contributed by atoms with Gasteiger partial charge in [0.05, 0.1) is 0 Å². The highest BCUT2D eigenvalue weighted by Gasteiger charge is 2.40. The van der Waals surface area contributed by atoms with Crippen molar-refractivity contribution in [3.8, 4) is 0 Å². The lowest BCUT2D eigenvalue weighted by Gasteiger charge is -2.37. The van der Waals surface area contributed by atoms with Crippen LogP contribution in [0.15, 0.2) is 0 Å². The van der Waals surface area contributed by atoms with Crippen LogP contribution in [0.2, 0.25) is 30.7 Å². The molecule has 0 spiro atoms. The predicted molar refractivity (Wildman–Crippen MR) is 122 cm³/mol. The van der Waals surface area contributed by atoms with E-state index < -0.39 is 15.8 Å². The van der Waals surface area contributed by atoms with Gasteiger partial charge in [-0.2, -0.15) is 11.2 Å². The smallest absolute Gasteiger partial charge is 0.335 e. The third-order valence-corrected chi connectivity index (χ3v) is 18.8. The van der Waals surface area contributed by atoms with Gasteiger partial charge >= 0.3 is 8.56 Å². The van der Waals surface area contributed by atoms with Crippen LogP contribution in [0.3, 0.4) is 0 Å². The third-order valence-electron chi connectivity index (χ3n) is 5.31. The molecule has 0 radical (unpaired) electrons. The largest absolute Gasteiger partial charge is 0.394 e. The number of hydrogen-bond acceptors (Lipinski definition) is 3. The maximum absolute atomic E-state index is 6.38. The molecule has 0 aliphatic rings. The molecular weight excluding hydrogens is 360 g/mol. The van der Waals surface area contributed by atoms with Crippen molar-refractivity contribution in [1.29, 1.82) is 0 Å². The first-order valence-electron chi connectivity index (χ1n) is 10.6. The van der Waals surface area contributed by atoms with Crippen molar-refractivity contribution >= 4 is 27.0 Å². The average Bonchev–Trinajstić information content (AvgIpc) is 2.56. The second kappa shape index (κ2) is 13.0. The Morgan fingerprint density at radius 2 is 1.24 bits per heavy atom. The first-order chi connectivity index (χ1) is 11.7. The van der Waals surface area contributed by atoms with Gasteiger partial charge in [-0.1, -0.05) is 79.4 Å².